The summed E-state index contributed by atoms with van der Waals surface area (Å²) in [4.78, 5) is 38.0. The van der Waals surface area contributed by atoms with Crippen LogP contribution in [0.15, 0.2) is 0 Å². The first-order chi connectivity index (χ1) is 25.6. The number of ether oxygens (including phenoxy) is 2. The third kappa shape index (κ3) is 43.9. The van der Waals surface area contributed by atoms with E-state index in [2.05, 4.69) is 25.7 Å². The Morgan fingerprint density at radius 2 is 0.852 bits per heavy atom. The topological polar surface area (TPSA) is 72.9 Å². The summed E-state index contributed by atoms with van der Waals surface area (Å²) >= 11 is 0. The van der Waals surface area contributed by atoms with Gasteiger partial charge in [-0.2, -0.15) is 6.42 Å². The van der Waals surface area contributed by atoms with Crippen molar-refractivity contribution in [3.63, 3.8) is 0 Å². The maximum atomic E-state index is 12.7. The Kier molecular flexibility index (Phi) is 51.4. The quantitative estimate of drug-likeness (QED) is 0.0267. The number of carbonyl (C=O) groups excluding carboxylic acids is 3. The van der Waals surface area contributed by atoms with Crippen LogP contribution in [0, 0.1) is 7.43 Å². The largest absolute Gasteiger partial charge is 1.00 e. The van der Waals surface area contributed by atoms with E-state index in [4.69, 9.17) is 9.47 Å². The number of carbonyl (C=O) groups is 2. The molecular formula is C47H91LiNO5-. The number of hydrogen-bond acceptors (Lipinski definition) is 6. The number of nitrogens with zero attached hydrogens (tertiary/aromatic N) is 1. The summed E-state index contributed by atoms with van der Waals surface area (Å²) in [5, 5.41) is 0. The van der Waals surface area contributed by atoms with Crippen LogP contribution in [0.3, 0.4) is 0 Å². The summed E-state index contributed by atoms with van der Waals surface area (Å²) in [6.07, 6.45) is 41.7. The van der Waals surface area contributed by atoms with Gasteiger partial charge in [-0.25, -0.2) is 0 Å². The van der Waals surface area contributed by atoms with Crippen LogP contribution in [0.25, 0.3) is 0 Å². The molecule has 0 amide bonds. The van der Waals surface area contributed by atoms with Crippen LogP contribution >= 0.6 is 0 Å². The molecule has 0 heterocycles. The molecule has 0 aliphatic rings. The second kappa shape index (κ2) is 48.3. The molecule has 316 valence electrons. The van der Waals surface area contributed by atoms with Crippen molar-refractivity contribution >= 4 is 18.2 Å². The SMILES string of the molecule is CCCCCCCCCOC(=O)CCCCCCCN(CCC[C-]=O)CCCCCCCC(=O)OC(CCCCCCCC)CCCCCCCC.[CH3-].[Li+]. The molecule has 0 radical (unpaired) electrons. The van der Waals surface area contributed by atoms with E-state index in [1.165, 1.54) is 128 Å². The zero-order valence-electron chi connectivity index (χ0n) is 37.1. The zero-order valence-corrected chi connectivity index (χ0v) is 37.1. The minimum absolute atomic E-state index is 0. The Bertz CT molecular complexity index is 750. The first-order valence-corrected chi connectivity index (χ1v) is 23.0. The molecule has 0 saturated heterocycles. The van der Waals surface area contributed by atoms with Gasteiger partial charge in [0.1, 0.15) is 6.10 Å². The summed E-state index contributed by atoms with van der Waals surface area (Å²) in [6.45, 7) is 10.5. The van der Waals surface area contributed by atoms with Gasteiger partial charge >= 0.3 is 30.8 Å². The van der Waals surface area contributed by atoms with Crippen LogP contribution in [0.2, 0.25) is 0 Å². The van der Waals surface area contributed by atoms with Gasteiger partial charge in [0, 0.05) is 12.8 Å². The number of rotatable bonds is 43. The fourth-order valence-electron chi connectivity index (χ4n) is 7.11. The molecule has 0 aliphatic heterocycles. The maximum Gasteiger partial charge on any atom is 1.00 e. The number of unbranched alkanes of at least 4 members (excludes halogenated alkanes) is 25. The molecule has 0 atom stereocenters. The molecule has 0 fully saturated rings. The van der Waals surface area contributed by atoms with Gasteiger partial charge in [-0.1, -0.05) is 168 Å². The van der Waals surface area contributed by atoms with Crippen molar-refractivity contribution in [3.8, 4) is 0 Å². The Labute approximate surface area is 349 Å². The summed E-state index contributed by atoms with van der Waals surface area (Å²) in [5.41, 5.74) is 0. The molecule has 0 aliphatic carbocycles. The Hall–Kier alpha value is -0.833. The molecule has 0 aromatic heterocycles. The molecule has 0 rings (SSSR count). The van der Waals surface area contributed by atoms with Crippen molar-refractivity contribution in [2.24, 2.45) is 0 Å². The molecule has 6 nitrogen and oxygen atoms in total. The monoisotopic (exact) mass is 757 g/mol. The molecule has 0 aromatic carbocycles. The summed E-state index contributed by atoms with van der Waals surface area (Å²) in [7, 11) is 0. The second-order valence-electron chi connectivity index (χ2n) is 15.7. The molecule has 0 unspecified atom stereocenters. The number of esters is 2. The van der Waals surface area contributed by atoms with Crippen molar-refractivity contribution in [1.82, 2.24) is 4.90 Å². The normalized spacial score (nSPS) is 11.1. The van der Waals surface area contributed by atoms with Crippen LogP contribution in [-0.4, -0.2) is 55.5 Å². The van der Waals surface area contributed by atoms with E-state index in [0.29, 0.717) is 25.9 Å². The molecular weight excluding hydrogens is 665 g/mol. The van der Waals surface area contributed by atoms with Crippen molar-refractivity contribution in [2.75, 3.05) is 26.2 Å². The van der Waals surface area contributed by atoms with Crippen LogP contribution in [0.1, 0.15) is 245 Å². The van der Waals surface area contributed by atoms with Gasteiger partial charge < -0.3 is 26.6 Å². The fraction of sp³-hybridized carbons (Fsp3) is 0.915. The van der Waals surface area contributed by atoms with E-state index >= 15 is 0 Å². The van der Waals surface area contributed by atoms with E-state index in [9.17, 15) is 14.4 Å². The van der Waals surface area contributed by atoms with Gasteiger partial charge in [0.2, 0.25) is 0 Å². The van der Waals surface area contributed by atoms with Crippen LogP contribution in [0.4, 0.5) is 0 Å². The third-order valence-corrected chi connectivity index (χ3v) is 10.5. The predicted molar refractivity (Wildman–Crippen MR) is 228 cm³/mol. The molecule has 0 spiro atoms. The molecule has 0 N–H and O–H groups in total. The molecule has 0 aromatic rings. The van der Waals surface area contributed by atoms with E-state index in [1.54, 1.807) is 0 Å². The van der Waals surface area contributed by atoms with E-state index in [1.807, 2.05) is 6.29 Å². The average molecular weight is 757 g/mol. The first-order valence-electron chi connectivity index (χ1n) is 23.0. The van der Waals surface area contributed by atoms with Crippen LogP contribution < -0.4 is 18.9 Å². The summed E-state index contributed by atoms with van der Waals surface area (Å²) < 4.78 is 11.5. The van der Waals surface area contributed by atoms with Crippen molar-refractivity contribution in [1.29, 1.82) is 0 Å². The van der Waals surface area contributed by atoms with Crippen LogP contribution in [-0.2, 0) is 23.9 Å². The molecule has 7 heteroatoms. The smallest absolute Gasteiger partial charge is 0.542 e. The van der Waals surface area contributed by atoms with Crippen molar-refractivity contribution in [3.05, 3.63) is 7.43 Å². The van der Waals surface area contributed by atoms with E-state index in [-0.39, 0.29) is 44.3 Å². The Morgan fingerprint density at radius 3 is 1.31 bits per heavy atom. The van der Waals surface area contributed by atoms with Crippen LogP contribution in [0.5, 0.6) is 0 Å². The summed E-state index contributed by atoms with van der Waals surface area (Å²) in [6, 6.07) is 0. The van der Waals surface area contributed by atoms with Crippen molar-refractivity contribution < 1.29 is 42.7 Å². The van der Waals surface area contributed by atoms with Crippen molar-refractivity contribution in [2.45, 2.75) is 252 Å². The third-order valence-electron chi connectivity index (χ3n) is 10.5. The Balaban J connectivity index is -0.0000130. The minimum Gasteiger partial charge on any atom is -0.542 e. The predicted octanol–water partition coefficient (Wildman–Crippen LogP) is 11.0. The maximum absolute atomic E-state index is 12.7. The minimum atomic E-state index is -0.0321. The fourth-order valence-corrected chi connectivity index (χ4v) is 7.11. The first kappa shape index (κ1) is 57.5. The summed E-state index contributed by atoms with van der Waals surface area (Å²) in [5.74, 6) is -0.0193. The van der Waals surface area contributed by atoms with Gasteiger partial charge in [-0.15, -0.1) is 0 Å². The van der Waals surface area contributed by atoms with Gasteiger partial charge in [0.15, 0.2) is 0 Å². The Morgan fingerprint density at radius 1 is 0.481 bits per heavy atom. The van der Waals surface area contributed by atoms with Gasteiger partial charge in [-0.05, 0) is 77.4 Å². The van der Waals surface area contributed by atoms with Gasteiger partial charge in [0.05, 0.1) is 6.61 Å². The van der Waals surface area contributed by atoms with Gasteiger partial charge in [-0.3, -0.25) is 15.9 Å². The molecule has 54 heavy (non-hydrogen) atoms. The molecule has 0 saturated carbocycles. The number of hydrogen-bond donors (Lipinski definition) is 0. The average Bonchev–Trinajstić information content (AvgIpc) is 3.14. The second-order valence-corrected chi connectivity index (χ2v) is 15.7. The zero-order chi connectivity index (χ0) is 38.0. The van der Waals surface area contributed by atoms with E-state index < -0.39 is 0 Å². The van der Waals surface area contributed by atoms with E-state index in [0.717, 1.165) is 96.7 Å². The molecule has 0 bridgehead atoms. The van der Waals surface area contributed by atoms with Gasteiger partial charge in [0.25, 0.3) is 0 Å². The standard InChI is InChI=1S/C46H88NO5.CH3.Li/c1-4-7-10-13-16-25-34-43-51-45(49)37-28-21-17-23-30-39-47(41-32-33-42-48)40-31-24-18-22-29-38-46(50)52-44(35-26-19-14-11-8-5-2)36-27-20-15-12-9-6-3;;/h44H,4-41,43H2,1-3H3;1H3;/q2*-1;+1.